The van der Waals surface area contributed by atoms with Crippen molar-refractivity contribution in [3.05, 3.63) is 35.5 Å². The molecule has 0 aliphatic heterocycles. The largest absolute Gasteiger partial charge is 0.463 e. The summed E-state index contributed by atoms with van der Waals surface area (Å²) in [5, 5.41) is 18.9. The van der Waals surface area contributed by atoms with E-state index in [0.29, 0.717) is 13.0 Å². The summed E-state index contributed by atoms with van der Waals surface area (Å²) in [5.74, 6) is -0.399. The van der Waals surface area contributed by atoms with Crippen molar-refractivity contribution in [1.29, 1.82) is 0 Å². The van der Waals surface area contributed by atoms with Gasteiger partial charge in [-0.25, -0.2) is 4.79 Å². The molecular weight excluding hydrogens is 268 g/mol. The predicted octanol–water partition coefficient (Wildman–Crippen LogP) is 2.52. The van der Waals surface area contributed by atoms with Crippen LogP contribution in [0, 0.1) is 5.41 Å². The highest BCUT2D eigenvalue weighted by Crippen LogP contribution is 2.44. The molecule has 1 aliphatic rings. The number of hydrogen-bond donors (Lipinski definition) is 2. The Labute approximate surface area is 126 Å². The van der Waals surface area contributed by atoms with Gasteiger partial charge in [0.05, 0.1) is 19.3 Å². The third-order valence-electron chi connectivity index (χ3n) is 3.88. The molecular formula is C17H26O4. The van der Waals surface area contributed by atoms with E-state index in [4.69, 9.17) is 9.84 Å². The average Bonchev–Trinajstić information content (AvgIpc) is 2.68. The zero-order chi connectivity index (χ0) is 15.9. The maximum atomic E-state index is 11.6. The zero-order valence-corrected chi connectivity index (χ0v) is 13.1. The minimum absolute atomic E-state index is 0.0453. The Hall–Kier alpha value is -1.39. The third-order valence-corrected chi connectivity index (χ3v) is 3.88. The molecule has 0 saturated heterocycles. The van der Waals surface area contributed by atoms with Crippen LogP contribution in [-0.4, -0.2) is 35.5 Å². The molecule has 118 valence electrons. The van der Waals surface area contributed by atoms with Gasteiger partial charge < -0.3 is 14.9 Å². The molecule has 0 unspecified atom stereocenters. The van der Waals surface area contributed by atoms with Crippen LogP contribution in [0.3, 0.4) is 0 Å². The summed E-state index contributed by atoms with van der Waals surface area (Å²) in [7, 11) is 0. The number of esters is 1. The lowest BCUT2D eigenvalue weighted by Gasteiger charge is -2.22. The van der Waals surface area contributed by atoms with Crippen LogP contribution in [0.5, 0.6) is 0 Å². The van der Waals surface area contributed by atoms with Crippen molar-refractivity contribution in [3.8, 4) is 0 Å². The zero-order valence-electron chi connectivity index (χ0n) is 13.1. The smallest absolute Gasteiger partial charge is 0.330 e. The third kappa shape index (κ3) is 5.14. The topological polar surface area (TPSA) is 66.8 Å². The van der Waals surface area contributed by atoms with Crippen LogP contribution in [0.1, 0.15) is 40.0 Å². The number of aliphatic hydroxyl groups excluding tert-OH is 2. The van der Waals surface area contributed by atoms with Gasteiger partial charge in [-0.15, -0.1) is 0 Å². The first-order chi connectivity index (χ1) is 9.92. The summed E-state index contributed by atoms with van der Waals surface area (Å²) in [6.45, 7) is 6.12. The molecule has 0 aromatic heterocycles. The lowest BCUT2D eigenvalue weighted by Crippen LogP contribution is -2.17. The maximum Gasteiger partial charge on any atom is 0.330 e. The van der Waals surface area contributed by atoms with E-state index in [0.717, 1.165) is 24.0 Å². The molecule has 0 spiro atoms. The second-order valence-electron chi connectivity index (χ2n) is 5.66. The number of carbonyl (C=O) groups is 1. The van der Waals surface area contributed by atoms with Gasteiger partial charge in [0.2, 0.25) is 0 Å². The number of carbonyl (C=O) groups excluding carboxylic acids is 1. The molecule has 0 amide bonds. The van der Waals surface area contributed by atoms with Crippen molar-refractivity contribution in [2.45, 2.75) is 46.1 Å². The monoisotopic (exact) mass is 294 g/mol. The van der Waals surface area contributed by atoms with E-state index in [2.05, 4.69) is 0 Å². The summed E-state index contributed by atoms with van der Waals surface area (Å²) in [4.78, 5) is 11.6. The summed E-state index contributed by atoms with van der Waals surface area (Å²) in [6, 6.07) is 0. The number of allylic oxidation sites excluding steroid dienone is 3. The number of ether oxygens (including phenoxy) is 1. The number of rotatable bonds is 6. The van der Waals surface area contributed by atoms with Crippen LogP contribution in [0.4, 0.5) is 0 Å². The molecule has 2 N–H and O–H groups in total. The Morgan fingerprint density at radius 3 is 2.86 bits per heavy atom. The first kappa shape index (κ1) is 17.7. The number of aliphatic hydroxyl groups is 2. The van der Waals surface area contributed by atoms with Crippen LogP contribution in [0.15, 0.2) is 35.5 Å². The van der Waals surface area contributed by atoms with Gasteiger partial charge in [-0.1, -0.05) is 30.7 Å². The minimum atomic E-state index is -0.585. The van der Waals surface area contributed by atoms with E-state index >= 15 is 0 Å². The average molecular weight is 294 g/mol. The molecule has 1 saturated carbocycles. The van der Waals surface area contributed by atoms with Crippen molar-refractivity contribution >= 4 is 5.97 Å². The Balaban J connectivity index is 2.84. The molecule has 0 radical (unpaired) electrons. The van der Waals surface area contributed by atoms with Crippen molar-refractivity contribution in [2.75, 3.05) is 13.2 Å². The van der Waals surface area contributed by atoms with Crippen LogP contribution in [-0.2, 0) is 9.53 Å². The first-order valence-corrected chi connectivity index (χ1v) is 7.44. The Morgan fingerprint density at radius 1 is 1.52 bits per heavy atom. The summed E-state index contributed by atoms with van der Waals surface area (Å²) >= 11 is 0. The Morgan fingerprint density at radius 2 is 2.24 bits per heavy atom. The van der Waals surface area contributed by atoms with Crippen molar-refractivity contribution < 1.29 is 19.7 Å². The molecule has 2 atom stereocenters. The molecule has 1 fully saturated rings. The van der Waals surface area contributed by atoms with Crippen molar-refractivity contribution in [2.24, 2.45) is 5.41 Å². The van der Waals surface area contributed by atoms with E-state index in [1.807, 2.05) is 26.0 Å². The van der Waals surface area contributed by atoms with Crippen LogP contribution < -0.4 is 0 Å². The highest BCUT2D eigenvalue weighted by Gasteiger charge is 2.37. The van der Waals surface area contributed by atoms with Crippen LogP contribution in [0.25, 0.3) is 0 Å². The number of hydrogen-bond acceptors (Lipinski definition) is 4. The minimum Gasteiger partial charge on any atom is -0.463 e. The van der Waals surface area contributed by atoms with Gasteiger partial charge in [-0.05, 0) is 38.7 Å². The van der Waals surface area contributed by atoms with E-state index in [1.165, 1.54) is 6.08 Å². The fraction of sp³-hybridized carbons (Fsp3) is 0.588. The Bertz CT molecular complexity index is 448. The second-order valence-corrected chi connectivity index (χ2v) is 5.66. The highest BCUT2D eigenvalue weighted by atomic mass is 16.5. The molecule has 0 aromatic carbocycles. The van der Waals surface area contributed by atoms with Gasteiger partial charge in [0.15, 0.2) is 0 Å². The fourth-order valence-electron chi connectivity index (χ4n) is 2.61. The van der Waals surface area contributed by atoms with Gasteiger partial charge >= 0.3 is 5.97 Å². The molecule has 1 rings (SSSR count). The van der Waals surface area contributed by atoms with E-state index in [9.17, 15) is 9.90 Å². The van der Waals surface area contributed by atoms with Gasteiger partial charge in [0, 0.05) is 11.5 Å². The van der Waals surface area contributed by atoms with Gasteiger partial charge in [0.25, 0.3) is 0 Å². The molecule has 0 bridgehead atoms. The molecule has 4 heteroatoms. The predicted molar refractivity (Wildman–Crippen MR) is 82.7 cm³/mol. The molecule has 0 heterocycles. The first-order valence-electron chi connectivity index (χ1n) is 7.44. The lowest BCUT2D eigenvalue weighted by molar-refractivity contribution is -0.137. The lowest BCUT2D eigenvalue weighted by atomic mass is 9.83. The fourth-order valence-corrected chi connectivity index (χ4v) is 2.61. The second kappa shape index (κ2) is 8.15. The quantitative estimate of drug-likeness (QED) is 0.449. The molecule has 1 aliphatic carbocycles. The van der Waals surface area contributed by atoms with Crippen molar-refractivity contribution in [3.63, 3.8) is 0 Å². The highest BCUT2D eigenvalue weighted by molar-refractivity contribution is 5.83. The van der Waals surface area contributed by atoms with Gasteiger partial charge in [-0.2, -0.15) is 0 Å². The molecule has 4 nitrogen and oxygen atoms in total. The van der Waals surface area contributed by atoms with E-state index in [1.54, 1.807) is 13.0 Å². The Kier molecular flexibility index (Phi) is 6.85. The van der Waals surface area contributed by atoms with Gasteiger partial charge in [0.1, 0.15) is 0 Å². The molecule has 0 aromatic rings. The standard InChI is InChI=1S/C17H26O4/c1-4-21-16(20)12-14-15(19)7-10-17(14,3)9-5-6-13(2)8-11-18/h5,8-9,12,15,18-19H,4,6-7,10-11H2,1-3H3/b9-5+,13-8+,14-12+/t15-,17+/m0/s1. The van der Waals surface area contributed by atoms with Crippen molar-refractivity contribution in [1.82, 2.24) is 0 Å². The summed E-state index contributed by atoms with van der Waals surface area (Å²) in [5.41, 5.74) is 1.50. The van der Waals surface area contributed by atoms with E-state index < -0.39 is 12.1 Å². The summed E-state index contributed by atoms with van der Waals surface area (Å²) < 4.78 is 4.93. The maximum absolute atomic E-state index is 11.6. The molecule has 21 heavy (non-hydrogen) atoms. The van der Waals surface area contributed by atoms with Crippen LogP contribution >= 0.6 is 0 Å². The summed E-state index contributed by atoms with van der Waals surface area (Å²) in [6.07, 6.45) is 8.89. The SMILES string of the molecule is CCOC(=O)/C=C1\[C@@H](O)CC[C@@]1(C)/C=C/C/C(C)=C/CO. The van der Waals surface area contributed by atoms with E-state index in [-0.39, 0.29) is 12.0 Å². The van der Waals surface area contributed by atoms with Gasteiger partial charge in [-0.3, -0.25) is 0 Å². The van der Waals surface area contributed by atoms with Crippen LogP contribution in [0.2, 0.25) is 0 Å². The normalized spacial score (nSPS) is 28.5.